The highest BCUT2D eigenvalue weighted by Crippen LogP contribution is 2.23. The Kier molecular flexibility index (Phi) is 5.39. The van der Waals surface area contributed by atoms with E-state index in [1.54, 1.807) is 0 Å². The Bertz CT molecular complexity index is 300. The third kappa shape index (κ3) is 5.11. The van der Waals surface area contributed by atoms with Gasteiger partial charge in [0.05, 0.1) is 5.41 Å². The van der Waals surface area contributed by atoms with Gasteiger partial charge in [0, 0.05) is 31.7 Å². The normalized spacial score (nSPS) is 19.6. The first-order chi connectivity index (χ1) is 8.63. The van der Waals surface area contributed by atoms with Crippen molar-refractivity contribution in [2.45, 2.75) is 53.0 Å². The summed E-state index contributed by atoms with van der Waals surface area (Å²) in [5.41, 5.74) is -0.329. The lowest BCUT2D eigenvalue weighted by Gasteiger charge is -2.42. The number of carbonyl (C=O) groups is 1. The van der Waals surface area contributed by atoms with Crippen LogP contribution in [0.4, 0.5) is 0 Å². The Morgan fingerprint density at radius 3 is 2.00 bits per heavy atom. The van der Waals surface area contributed by atoms with Gasteiger partial charge < -0.3 is 10.0 Å². The Labute approximate surface area is 117 Å². The lowest BCUT2D eigenvalue weighted by molar-refractivity contribution is -0.147. The van der Waals surface area contributed by atoms with Crippen LogP contribution in [0.2, 0.25) is 0 Å². The van der Waals surface area contributed by atoms with Crippen LogP contribution in [0, 0.1) is 5.41 Å². The number of hydrogen-bond donors (Lipinski definition) is 1. The lowest BCUT2D eigenvalue weighted by atomic mass is 9.88. The van der Waals surface area contributed by atoms with Crippen molar-refractivity contribution in [3.8, 4) is 0 Å². The quantitative estimate of drug-likeness (QED) is 0.832. The number of hydrogen-bond acceptors (Lipinski definition) is 3. The largest absolute Gasteiger partial charge is 0.481 e. The zero-order valence-corrected chi connectivity index (χ0v) is 13.2. The molecule has 0 amide bonds. The van der Waals surface area contributed by atoms with Crippen LogP contribution in [0.5, 0.6) is 0 Å². The van der Waals surface area contributed by atoms with Gasteiger partial charge in [-0.3, -0.25) is 9.69 Å². The van der Waals surface area contributed by atoms with Crippen molar-refractivity contribution in [2.24, 2.45) is 5.41 Å². The van der Waals surface area contributed by atoms with Gasteiger partial charge in [-0.2, -0.15) is 0 Å². The van der Waals surface area contributed by atoms with Crippen molar-refractivity contribution in [2.75, 3.05) is 32.7 Å². The summed E-state index contributed by atoms with van der Waals surface area (Å²) in [5, 5.41) is 9.08. The summed E-state index contributed by atoms with van der Waals surface area (Å²) in [5.74, 6) is -0.690. The summed E-state index contributed by atoms with van der Waals surface area (Å²) >= 11 is 0. The van der Waals surface area contributed by atoms with E-state index in [1.165, 1.54) is 0 Å². The van der Waals surface area contributed by atoms with Crippen LogP contribution in [0.1, 0.15) is 47.5 Å². The summed E-state index contributed by atoms with van der Waals surface area (Å²) in [7, 11) is 0. The van der Waals surface area contributed by atoms with E-state index >= 15 is 0 Å². The lowest BCUT2D eigenvalue weighted by Crippen LogP contribution is -2.53. The van der Waals surface area contributed by atoms with Crippen LogP contribution < -0.4 is 0 Å². The molecule has 1 fully saturated rings. The van der Waals surface area contributed by atoms with E-state index in [-0.39, 0.29) is 5.54 Å². The minimum atomic E-state index is -0.690. The first-order valence-corrected chi connectivity index (χ1v) is 7.34. The van der Waals surface area contributed by atoms with Crippen LogP contribution in [-0.4, -0.2) is 59.1 Å². The van der Waals surface area contributed by atoms with Crippen molar-refractivity contribution in [3.63, 3.8) is 0 Å². The molecule has 0 saturated carbocycles. The molecule has 0 aliphatic carbocycles. The third-order valence-corrected chi connectivity index (χ3v) is 4.18. The van der Waals surface area contributed by atoms with Crippen molar-refractivity contribution in [1.82, 2.24) is 9.80 Å². The van der Waals surface area contributed by atoms with Gasteiger partial charge in [0.15, 0.2) is 0 Å². The van der Waals surface area contributed by atoms with Gasteiger partial charge >= 0.3 is 5.97 Å². The average Bonchev–Trinajstić information content (AvgIpc) is 2.28. The SMILES string of the molecule is CC(C)(CCCN1CCN(C(C)(C)C)CC1)C(=O)O. The molecule has 0 spiro atoms. The van der Waals surface area contributed by atoms with E-state index in [0.29, 0.717) is 0 Å². The molecule has 19 heavy (non-hydrogen) atoms. The van der Waals surface area contributed by atoms with Crippen molar-refractivity contribution < 1.29 is 9.90 Å². The highest BCUT2D eigenvalue weighted by Gasteiger charge is 2.28. The predicted molar refractivity (Wildman–Crippen MR) is 78.4 cm³/mol. The van der Waals surface area contributed by atoms with Crippen LogP contribution in [-0.2, 0) is 4.79 Å². The Hall–Kier alpha value is -0.610. The molecule has 1 saturated heterocycles. The third-order valence-electron chi connectivity index (χ3n) is 4.18. The summed E-state index contributed by atoms with van der Waals surface area (Å²) in [6.45, 7) is 15.9. The highest BCUT2D eigenvalue weighted by atomic mass is 16.4. The monoisotopic (exact) mass is 270 g/mol. The molecule has 1 rings (SSSR count). The van der Waals surface area contributed by atoms with Gasteiger partial charge in [0.1, 0.15) is 0 Å². The smallest absolute Gasteiger partial charge is 0.309 e. The molecule has 0 radical (unpaired) electrons. The summed E-state index contributed by atoms with van der Waals surface area (Å²) in [4.78, 5) is 16.0. The first kappa shape index (κ1) is 16.4. The maximum Gasteiger partial charge on any atom is 0.309 e. The fourth-order valence-electron chi connectivity index (χ4n) is 2.49. The van der Waals surface area contributed by atoms with Crippen LogP contribution in [0.3, 0.4) is 0 Å². The standard InChI is InChI=1S/C15H30N2O2/c1-14(2,3)17-11-9-16(10-12-17)8-6-7-15(4,5)13(18)19/h6-12H2,1-5H3,(H,18,19). The predicted octanol–water partition coefficient (Wildman–Crippen LogP) is 2.29. The minimum absolute atomic E-state index is 0.261. The number of piperazine rings is 1. The molecule has 112 valence electrons. The van der Waals surface area contributed by atoms with E-state index in [1.807, 2.05) is 13.8 Å². The van der Waals surface area contributed by atoms with Gasteiger partial charge in [-0.05, 0) is 54.0 Å². The number of nitrogens with zero attached hydrogens (tertiary/aromatic N) is 2. The van der Waals surface area contributed by atoms with Gasteiger partial charge in [-0.1, -0.05) is 0 Å². The van der Waals surface area contributed by atoms with E-state index in [4.69, 9.17) is 5.11 Å². The molecular weight excluding hydrogens is 240 g/mol. The Morgan fingerprint density at radius 2 is 1.58 bits per heavy atom. The first-order valence-electron chi connectivity index (χ1n) is 7.34. The minimum Gasteiger partial charge on any atom is -0.481 e. The Morgan fingerprint density at radius 1 is 1.05 bits per heavy atom. The molecule has 1 aliphatic heterocycles. The molecular formula is C15H30N2O2. The van der Waals surface area contributed by atoms with Crippen molar-refractivity contribution >= 4 is 5.97 Å². The maximum atomic E-state index is 11.0. The van der Waals surface area contributed by atoms with Crippen LogP contribution in [0.25, 0.3) is 0 Å². The van der Waals surface area contributed by atoms with Crippen molar-refractivity contribution in [1.29, 1.82) is 0 Å². The second-order valence-corrected chi connectivity index (χ2v) is 7.29. The van der Waals surface area contributed by atoms with E-state index in [9.17, 15) is 4.79 Å². The van der Waals surface area contributed by atoms with Gasteiger partial charge in [-0.15, -0.1) is 0 Å². The molecule has 0 unspecified atom stereocenters. The van der Waals surface area contributed by atoms with Gasteiger partial charge in [0.25, 0.3) is 0 Å². The topological polar surface area (TPSA) is 43.8 Å². The molecule has 0 aromatic heterocycles. The van der Waals surface area contributed by atoms with Gasteiger partial charge in [0.2, 0.25) is 0 Å². The van der Waals surface area contributed by atoms with Gasteiger partial charge in [-0.25, -0.2) is 0 Å². The van der Waals surface area contributed by atoms with Crippen LogP contribution >= 0.6 is 0 Å². The second kappa shape index (κ2) is 6.23. The summed E-state index contributed by atoms with van der Waals surface area (Å²) in [6, 6.07) is 0. The molecule has 1 heterocycles. The van der Waals surface area contributed by atoms with Crippen LogP contribution in [0.15, 0.2) is 0 Å². The number of carboxylic acid groups (broad SMARTS) is 1. The molecule has 0 atom stereocenters. The molecule has 1 N–H and O–H groups in total. The van der Waals surface area contributed by atoms with Crippen molar-refractivity contribution in [3.05, 3.63) is 0 Å². The number of rotatable bonds is 5. The highest BCUT2D eigenvalue weighted by molar-refractivity contribution is 5.73. The fraction of sp³-hybridized carbons (Fsp3) is 0.933. The molecule has 0 bridgehead atoms. The molecule has 0 aromatic rings. The average molecular weight is 270 g/mol. The second-order valence-electron chi connectivity index (χ2n) is 7.29. The molecule has 4 nitrogen and oxygen atoms in total. The van der Waals surface area contributed by atoms with E-state index in [2.05, 4.69) is 30.6 Å². The van der Waals surface area contributed by atoms with E-state index < -0.39 is 11.4 Å². The zero-order valence-electron chi connectivity index (χ0n) is 13.2. The summed E-state index contributed by atoms with van der Waals surface area (Å²) < 4.78 is 0. The molecule has 1 aliphatic rings. The summed E-state index contributed by atoms with van der Waals surface area (Å²) in [6.07, 6.45) is 1.72. The Balaban J connectivity index is 2.26. The maximum absolute atomic E-state index is 11.0. The molecule has 4 heteroatoms. The zero-order chi connectivity index (χ0) is 14.7. The number of aliphatic carboxylic acids is 1. The molecule has 0 aromatic carbocycles. The fourth-order valence-corrected chi connectivity index (χ4v) is 2.49. The number of carboxylic acids is 1. The van der Waals surface area contributed by atoms with E-state index in [0.717, 1.165) is 45.6 Å².